The van der Waals surface area contributed by atoms with Gasteiger partial charge in [0.25, 0.3) is 11.1 Å². The molecule has 0 atom stereocenters. The molecule has 4 rings (SSSR count). The van der Waals surface area contributed by atoms with Crippen LogP contribution in [0.3, 0.4) is 0 Å². The van der Waals surface area contributed by atoms with Gasteiger partial charge in [-0.2, -0.15) is 0 Å². The molecular weight excluding hydrogens is 538 g/mol. The number of nitrogens with zero attached hydrogens (tertiary/aromatic N) is 1. The van der Waals surface area contributed by atoms with Gasteiger partial charge < -0.3 is 9.47 Å². The number of benzene rings is 3. The molecular formula is C29H28BrNO4S. The lowest BCUT2D eigenvalue weighted by molar-refractivity contribution is -0.123. The van der Waals surface area contributed by atoms with E-state index in [0.717, 1.165) is 33.1 Å². The average molecular weight is 567 g/mol. The van der Waals surface area contributed by atoms with Crippen molar-refractivity contribution in [3.8, 4) is 11.5 Å². The van der Waals surface area contributed by atoms with Gasteiger partial charge in [0.05, 0.1) is 11.4 Å². The molecule has 1 heterocycles. The Morgan fingerprint density at radius 3 is 2.03 bits per heavy atom. The summed E-state index contributed by atoms with van der Waals surface area (Å²) >= 11 is 4.43. The summed E-state index contributed by atoms with van der Waals surface area (Å²) in [6.45, 7) is 7.63. The van der Waals surface area contributed by atoms with Crippen LogP contribution in [0.15, 0.2) is 82.2 Å². The Bertz CT molecular complexity index is 1260. The molecule has 7 heteroatoms. The first-order valence-electron chi connectivity index (χ1n) is 11.7. The normalized spacial score (nSPS) is 15.0. The molecule has 0 aliphatic carbocycles. The second-order valence-corrected chi connectivity index (χ2v) is 11.2. The summed E-state index contributed by atoms with van der Waals surface area (Å²) in [7, 11) is 0. The smallest absolute Gasteiger partial charge is 0.293 e. The Labute approximate surface area is 224 Å². The number of halogens is 1. The lowest BCUT2D eigenvalue weighted by atomic mass is 9.87. The van der Waals surface area contributed by atoms with Gasteiger partial charge in [0.1, 0.15) is 24.7 Å². The van der Waals surface area contributed by atoms with Crippen molar-refractivity contribution >= 4 is 44.9 Å². The maximum absolute atomic E-state index is 12.8. The van der Waals surface area contributed by atoms with Crippen molar-refractivity contribution in [1.29, 1.82) is 0 Å². The van der Waals surface area contributed by atoms with Crippen LogP contribution in [0.4, 0.5) is 4.79 Å². The standard InChI is InChI=1S/C29H28BrNO4S/c1-29(2,3)22-10-14-24(15-11-22)35-17-16-34-23-12-8-20(9-13-23)18-26-27(32)31(28(33)36-26)19-21-6-4-5-7-25(21)30/h4-15,18H,16-17,19H2,1-3H3/b26-18-. The SMILES string of the molecule is CC(C)(C)c1ccc(OCCOc2ccc(/C=C3\SC(=O)N(Cc4ccccc4Br)C3=O)cc2)cc1. The first kappa shape index (κ1) is 26.0. The van der Waals surface area contributed by atoms with E-state index in [2.05, 4.69) is 48.8 Å². The van der Waals surface area contributed by atoms with Gasteiger partial charge >= 0.3 is 0 Å². The Hall–Kier alpha value is -3.03. The number of ether oxygens (including phenoxy) is 2. The van der Waals surface area contributed by atoms with Crippen molar-refractivity contribution in [1.82, 2.24) is 4.90 Å². The van der Waals surface area contributed by atoms with E-state index in [4.69, 9.17) is 9.47 Å². The summed E-state index contributed by atoms with van der Waals surface area (Å²) < 4.78 is 12.4. The van der Waals surface area contributed by atoms with Crippen LogP contribution in [-0.2, 0) is 16.8 Å². The highest BCUT2D eigenvalue weighted by molar-refractivity contribution is 9.10. The molecule has 36 heavy (non-hydrogen) atoms. The fourth-order valence-corrected chi connectivity index (χ4v) is 4.86. The van der Waals surface area contributed by atoms with Crippen LogP contribution < -0.4 is 9.47 Å². The summed E-state index contributed by atoms with van der Waals surface area (Å²) in [5.41, 5.74) is 3.08. The molecule has 0 radical (unpaired) electrons. The van der Waals surface area contributed by atoms with E-state index >= 15 is 0 Å². The van der Waals surface area contributed by atoms with E-state index < -0.39 is 0 Å². The lowest BCUT2D eigenvalue weighted by Gasteiger charge is -2.19. The molecule has 3 aromatic rings. The zero-order valence-corrected chi connectivity index (χ0v) is 22.9. The third-order valence-electron chi connectivity index (χ3n) is 5.68. The summed E-state index contributed by atoms with van der Waals surface area (Å²) in [5.74, 6) is 1.24. The van der Waals surface area contributed by atoms with Crippen LogP contribution in [-0.4, -0.2) is 29.3 Å². The Morgan fingerprint density at radius 2 is 1.44 bits per heavy atom. The molecule has 5 nitrogen and oxygen atoms in total. The number of hydrogen-bond acceptors (Lipinski definition) is 5. The van der Waals surface area contributed by atoms with Crippen molar-refractivity contribution in [2.45, 2.75) is 32.7 Å². The van der Waals surface area contributed by atoms with Gasteiger partial charge in [-0.1, -0.05) is 79.2 Å². The molecule has 0 N–H and O–H groups in total. The number of imide groups is 1. The van der Waals surface area contributed by atoms with Crippen LogP contribution in [0.25, 0.3) is 6.08 Å². The first-order chi connectivity index (χ1) is 17.2. The molecule has 186 valence electrons. The monoisotopic (exact) mass is 565 g/mol. The molecule has 2 amide bonds. The number of rotatable bonds is 8. The van der Waals surface area contributed by atoms with Gasteiger partial charge in [-0.05, 0) is 70.3 Å². The second-order valence-electron chi connectivity index (χ2n) is 9.40. The van der Waals surface area contributed by atoms with Gasteiger partial charge in [0.15, 0.2) is 0 Å². The second kappa shape index (κ2) is 11.4. The molecule has 1 aliphatic rings. The van der Waals surface area contributed by atoms with Gasteiger partial charge in [0, 0.05) is 4.47 Å². The minimum Gasteiger partial charge on any atom is -0.490 e. The largest absolute Gasteiger partial charge is 0.490 e. The molecule has 3 aromatic carbocycles. The number of amides is 2. The Kier molecular flexibility index (Phi) is 8.21. The van der Waals surface area contributed by atoms with Gasteiger partial charge in [0.2, 0.25) is 0 Å². The number of hydrogen-bond donors (Lipinski definition) is 0. The quantitative estimate of drug-likeness (QED) is 0.210. The van der Waals surface area contributed by atoms with Crippen LogP contribution >= 0.6 is 27.7 Å². The summed E-state index contributed by atoms with van der Waals surface area (Å²) in [4.78, 5) is 26.9. The first-order valence-corrected chi connectivity index (χ1v) is 13.3. The number of thioether (sulfide) groups is 1. The van der Waals surface area contributed by atoms with Crippen molar-refractivity contribution in [3.05, 3.63) is 98.9 Å². The topological polar surface area (TPSA) is 55.8 Å². The molecule has 0 aromatic heterocycles. The number of carbonyl (C=O) groups excluding carboxylic acids is 2. The predicted octanol–water partition coefficient (Wildman–Crippen LogP) is 7.44. The Balaban J connectivity index is 1.28. The maximum Gasteiger partial charge on any atom is 0.293 e. The molecule has 0 saturated carbocycles. The predicted molar refractivity (Wildman–Crippen MR) is 148 cm³/mol. The fourth-order valence-electron chi connectivity index (χ4n) is 3.62. The maximum atomic E-state index is 12.8. The molecule has 0 spiro atoms. The van der Waals surface area contributed by atoms with E-state index in [0.29, 0.717) is 23.9 Å². The van der Waals surface area contributed by atoms with E-state index in [1.807, 2.05) is 60.7 Å². The molecule has 0 bridgehead atoms. The van der Waals surface area contributed by atoms with E-state index in [9.17, 15) is 9.59 Å². The van der Waals surface area contributed by atoms with E-state index in [-0.39, 0.29) is 23.1 Å². The fraction of sp³-hybridized carbons (Fsp3) is 0.241. The highest BCUT2D eigenvalue weighted by Gasteiger charge is 2.35. The summed E-state index contributed by atoms with van der Waals surface area (Å²) in [6.07, 6.45) is 1.74. The van der Waals surface area contributed by atoms with E-state index in [1.165, 1.54) is 10.5 Å². The highest BCUT2D eigenvalue weighted by atomic mass is 79.9. The van der Waals surface area contributed by atoms with Gasteiger partial charge in [-0.25, -0.2) is 0 Å². The average Bonchev–Trinajstić information content (AvgIpc) is 3.11. The third kappa shape index (κ3) is 6.59. The number of carbonyl (C=O) groups is 2. The molecule has 1 fully saturated rings. The molecule has 1 aliphatic heterocycles. The molecule has 1 saturated heterocycles. The van der Waals surface area contributed by atoms with Gasteiger partial charge in [-0.3, -0.25) is 14.5 Å². The van der Waals surface area contributed by atoms with Crippen molar-refractivity contribution in [2.24, 2.45) is 0 Å². The van der Waals surface area contributed by atoms with E-state index in [1.54, 1.807) is 6.08 Å². The minimum atomic E-state index is -0.284. The van der Waals surface area contributed by atoms with Crippen molar-refractivity contribution in [2.75, 3.05) is 13.2 Å². The van der Waals surface area contributed by atoms with Crippen LogP contribution in [0.1, 0.15) is 37.5 Å². The van der Waals surface area contributed by atoms with Crippen LogP contribution in [0, 0.1) is 0 Å². The zero-order chi connectivity index (χ0) is 25.7. The third-order valence-corrected chi connectivity index (χ3v) is 7.36. The van der Waals surface area contributed by atoms with Crippen molar-refractivity contribution in [3.63, 3.8) is 0 Å². The lowest BCUT2D eigenvalue weighted by Crippen LogP contribution is -2.27. The van der Waals surface area contributed by atoms with Crippen LogP contribution in [0.5, 0.6) is 11.5 Å². The highest BCUT2D eigenvalue weighted by Crippen LogP contribution is 2.34. The molecule has 0 unspecified atom stereocenters. The van der Waals surface area contributed by atoms with Gasteiger partial charge in [-0.15, -0.1) is 0 Å². The zero-order valence-electron chi connectivity index (χ0n) is 20.5. The minimum absolute atomic E-state index is 0.113. The van der Waals surface area contributed by atoms with Crippen LogP contribution in [0.2, 0.25) is 0 Å². The summed E-state index contributed by atoms with van der Waals surface area (Å²) in [6, 6.07) is 23.1. The van der Waals surface area contributed by atoms with Crippen molar-refractivity contribution < 1.29 is 19.1 Å². The Morgan fingerprint density at radius 1 is 0.861 bits per heavy atom. The summed E-state index contributed by atoms with van der Waals surface area (Å²) in [5, 5.41) is -0.269.